The summed E-state index contributed by atoms with van der Waals surface area (Å²) in [5.74, 6) is 0. The number of rotatable bonds is 4. The van der Waals surface area contributed by atoms with Crippen LogP contribution >= 0.6 is 0 Å². The van der Waals surface area contributed by atoms with E-state index < -0.39 is 0 Å². The fourth-order valence-electron chi connectivity index (χ4n) is 1.47. The molecule has 1 aliphatic heterocycles. The predicted octanol–water partition coefficient (Wildman–Crippen LogP) is 1.54. The van der Waals surface area contributed by atoms with E-state index in [1.54, 1.807) is 0 Å². The molecule has 1 rings (SSSR count). The number of hydrogen-bond donors (Lipinski definition) is 0. The van der Waals surface area contributed by atoms with Gasteiger partial charge < -0.3 is 0 Å². The molecule has 1 aliphatic rings. The summed E-state index contributed by atoms with van der Waals surface area (Å²) in [5.41, 5.74) is 0. The van der Waals surface area contributed by atoms with Crippen LogP contribution in [0.1, 0.15) is 26.7 Å². The van der Waals surface area contributed by atoms with Crippen molar-refractivity contribution in [3.8, 4) is 0 Å². The molecule has 0 unspecified atom stereocenters. The van der Waals surface area contributed by atoms with Crippen LogP contribution in [0.2, 0.25) is 0 Å². The maximum absolute atomic E-state index is 2.42. The zero-order valence-electron chi connectivity index (χ0n) is 7.71. The average molecular weight is 155 g/mol. The molecular weight excluding hydrogens is 136 g/mol. The minimum Gasteiger partial charge on any atom is -0.286 e. The van der Waals surface area contributed by atoms with E-state index in [-0.39, 0.29) is 0 Å². The van der Waals surface area contributed by atoms with Crippen LogP contribution in [0, 0.1) is 6.67 Å². The highest BCUT2D eigenvalue weighted by atomic mass is 15.3. The van der Waals surface area contributed by atoms with Gasteiger partial charge in [0.25, 0.3) is 0 Å². The highest BCUT2D eigenvalue weighted by Gasteiger charge is 2.13. The van der Waals surface area contributed by atoms with Gasteiger partial charge in [-0.05, 0) is 39.0 Å². The van der Waals surface area contributed by atoms with Gasteiger partial charge >= 0.3 is 0 Å². The lowest BCUT2D eigenvalue weighted by atomic mass is 10.4. The molecule has 1 fully saturated rings. The van der Waals surface area contributed by atoms with Crippen molar-refractivity contribution in [3.05, 3.63) is 6.67 Å². The summed E-state index contributed by atoms with van der Waals surface area (Å²) in [7, 11) is 0. The highest BCUT2D eigenvalue weighted by Crippen LogP contribution is 2.10. The maximum atomic E-state index is 2.42. The van der Waals surface area contributed by atoms with E-state index in [0.717, 1.165) is 13.1 Å². The molecule has 1 radical (unpaired) electrons. The zero-order chi connectivity index (χ0) is 8.10. The first-order valence-electron chi connectivity index (χ1n) is 4.70. The molecule has 0 aromatic rings. The molecule has 0 saturated carbocycles. The largest absolute Gasteiger partial charge is 0.286 e. The SMILES string of the molecule is CCN([CH]N1CCCC1)CC. The highest BCUT2D eigenvalue weighted by molar-refractivity contribution is 4.74. The summed E-state index contributed by atoms with van der Waals surface area (Å²) in [6.45, 7) is 11.5. The van der Waals surface area contributed by atoms with Crippen LogP contribution in [-0.4, -0.2) is 36.0 Å². The molecule has 2 nitrogen and oxygen atoms in total. The predicted molar refractivity (Wildman–Crippen MR) is 48.0 cm³/mol. The summed E-state index contributed by atoms with van der Waals surface area (Å²) in [5, 5.41) is 0. The Balaban J connectivity index is 2.16. The molecule has 1 heterocycles. The van der Waals surface area contributed by atoms with Gasteiger partial charge in [0.15, 0.2) is 0 Å². The zero-order valence-corrected chi connectivity index (χ0v) is 7.71. The van der Waals surface area contributed by atoms with E-state index in [1.165, 1.54) is 25.9 Å². The van der Waals surface area contributed by atoms with Gasteiger partial charge in [-0.25, -0.2) is 0 Å². The third-order valence-electron chi connectivity index (χ3n) is 2.28. The van der Waals surface area contributed by atoms with E-state index in [2.05, 4.69) is 30.3 Å². The molecule has 0 N–H and O–H groups in total. The Morgan fingerprint density at radius 3 is 2.18 bits per heavy atom. The van der Waals surface area contributed by atoms with Crippen molar-refractivity contribution >= 4 is 0 Å². The molecule has 0 amide bonds. The Hall–Kier alpha value is -0.0800. The number of hydrogen-bond acceptors (Lipinski definition) is 2. The molecule has 2 heteroatoms. The van der Waals surface area contributed by atoms with Crippen molar-refractivity contribution in [2.24, 2.45) is 0 Å². The quantitative estimate of drug-likeness (QED) is 0.607. The molecule has 0 bridgehead atoms. The molecule has 0 aliphatic carbocycles. The second-order valence-corrected chi connectivity index (χ2v) is 3.08. The average Bonchev–Trinajstić information content (AvgIpc) is 2.52. The van der Waals surface area contributed by atoms with Crippen molar-refractivity contribution in [2.75, 3.05) is 26.2 Å². The Labute approximate surface area is 70.2 Å². The van der Waals surface area contributed by atoms with Crippen molar-refractivity contribution in [1.82, 2.24) is 9.80 Å². The third kappa shape index (κ3) is 2.80. The van der Waals surface area contributed by atoms with Gasteiger partial charge in [-0.3, -0.25) is 9.80 Å². The van der Waals surface area contributed by atoms with Crippen molar-refractivity contribution in [2.45, 2.75) is 26.7 Å². The van der Waals surface area contributed by atoms with Gasteiger partial charge in [0, 0.05) is 0 Å². The molecule has 65 valence electrons. The molecule has 0 aromatic heterocycles. The lowest BCUT2D eigenvalue weighted by molar-refractivity contribution is 0.239. The first-order valence-corrected chi connectivity index (χ1v) is 4.70. The van der Waals surface area contributed by atoms with Crippen molar-refractivity contribution in [3.63, 3.8) is 0 Å². The standard InChI is InChI=1S/C9H19N2/c1-3-10(4-2)9-11-7-5-6-8-11/h9H,3-8H2,1-2H3. The minimum atomic E-state index is 1.13. The van der Waals surface area contributed by atoms with E-state index >= 15 is 0 Å². The lowest BCUT2D eigenvalue weighted by Gasteiger charge is -2.23. The molecule has 0 aromatic carbocycles. The second kappa shape index (κ2) is 4.73. The fraction of sp³-hybridized carbons (Fsp3) is 0.889. The summed E-state index contributed by atoms with van der Waals surface area (Å²) in [6.07, 6.45) is 2.75. The molecular formula is C9H19N2. The van der Waals surface area contributed by atoms with Crippen LogP contribution < -0.4 is 0 Å². The summed E-state index contributed by atoms with van der Waals surface area (Å²) in [4.78, 5) is 4.78. The van der Waals surface area contributed by atoms with Crippen LogP contribution in [0.5, 0.6) is 0 Å². The Morgan fingerprint density at radius 2 is 1.73 bits per heavy atom. The number of nitrogens with zero attached hydrogens (tertiary/aromatic N) is 2. The molecule has 11 heavy (non-hydrogen) atoms. The van der Waals surface area contributed by atoms with Crippen LogP contribution in [0.3, 0.4) is 0 Å². The lowest BCUT2D eigenvalue weighted by Crippen LogP contribution is -2.30. The third-order valence-corrected chi connectivity index (χ3v) is 2.28. The molecule has 1 saturated heterocycles. The van der Waals surface area contributed by atoms with Crippen LogP contribution in [0.4, 0.5) is 0 Å². The van der Waals surface area contributed by atoms with Gasteiger partial charge in [-0.15, -0.1) is 0 Å². The van der Waals surface area contributed by atoms with Crippen molar-refractivity contribution in [1.29, 1.82) is 0 Å². The van der Waals surface area contributed by atoms with Gasteiger partial charge in [-0.2, -0.15) is 0 Å². The second-order valence-electron chi connectivity index (χ2n) is 3.08. The topological polar surface area (TPSA) is 6.48 Å². The van der Waals surface area contributed by atoms with E-state index in [1.807, 2.05) is 0 Å². The van der Waals surface area contributed by atoms with Crippen molar-refractivity contribution < 1.29 is 0 Å². The number of likely N-dealkylation sites (tertiary alicyclic amines) is 1. The van der Waals surface area contributed by atoms with Gasteiger partial charge in [0.05, 0.1) is 6.67 Å². The van der Waals surface area contributed by atoms with Crippen LogP contribution in [0.15, 0.2) is 0 Å². The van der Waals surface area contributed by atoms with E-state index in [0.29, 0.717) is 0 Å². The Bertz CT molecular complexity index is 93.7. The summed E-state index contributed by atoms with van der Waals surface area (Å²) < 4.78 is 0. The monoisotopic (exact) mass is 155 g/mol. The maximum Gasteiger partial charge on any atom is 0.0921 e. The minimum absolute atomic E-state index is 1.13. The van der Waals surface area contributed by atoms with Crippen LogP contribution in [0.25, 0.3) is 0 Å². The summed E-state index contributed by atoms with van der Waals surface area (Å²) in [6, 6.07) is 0. The van der Waals surface area contributed by atoms with Gasteiger partial charge in [-0.1, -0.05) is 13.8 Å². The van der Waals surface area contributed by atoms with E-state index in [4.69, 9.17) is 0 Å². The van der Waals surface area contributed by atoms with Gasteiger partial charge in [0.1, 0.15) is 0 Å². The smallest absolute Gasteiger partial charge is 0.0921 e. The Morgan fingerprint density at radius 1 is 1.18 bits per heavy atom. The van der Waals surface area contributed by atoms with Crippen LogP contribution in [-0.2, 0) is 0 Å². The Kier molecular flexibility index (Phi) is 3.87. The summed E-state index contributed by atoms with van der Waals surface area (Å²) >= 11 is 0. The molecule has 0 atom stereocenters. The fourth-order valence-corrected chi connectivity index (χ4v) is 1.47. The first-order chi connectivity index (χ1) is 5.36. The first kappa shape index (κ1) is 9.01. The normalized spacial score (nSPS) is 19.9. The molecule has 0 spiro atoms. The van der Waals surface area contributed by atoms with E-state index in [9.17, 15) is 0 Å². The van der Waals surface area contributed by atoms with Gasteiger partial charge in [0.2, 0.25) is 0 Å².